The van der Waals surface area contributed by atoms with Crippen molar-refractivity contribution in [2.24, 2.45) is 0 Å². The third kappa shape index (κ3) is 5.58. The molecule has 1 rings (SSSR count). The van der Waals surface area contributed by atoms with E-state index in [4.69, 9.17) is 4.74 Å². The number of aryl methyl sites for hydroxylation is 1. The molecule has 0 spiro atoms. The van der Waals surface area contributed by atoms with Crippen molar-refractivity contribution in [1.82, 2.24) is 9.97 Å². The van der Waals surface area contributed by atoms with Gasteiger partial charge in [-0.3, -0.25) is 0 Å². The summed E-state index contributed by atoms with van der Waals surface area (Å²) < 4.78 is 5.54. The number of nitrogens with one attached hydrogen (secondary N) is 1. The zero-order chi connectivity index (χ0) is 13.4. The van der Waals surface area contributed by atoms with E-state index in [2.05, 4.69) is 36.1 Å². The van der Waals surface area contributed by atoms with Gasteiger partial charge in [0.05, 0.1) is 6.61 Å². The summed E-state index contributed by atoms with van der Waals surface area (Å²) in [4.78, 5) is 8.74. The first-order valence-electron chi connectivity index (χ1n) is 6.48. The Labute approximate surface area is 114 Å². The maximum absolute atomic E-state index is 5.54. The number of rotatable bonds is 8. The van der Waals surface area contributed by atoms with Crippen LogP contribution in [0.5, 0.6) is 5.88 Å². The highest BCUT2D eigenvalue weighted by Crippen LogP contribution is 2.14. The standard InChI is InChI=1S/C13H23N3OS/c1-5-7-17-12-8-10(3)14-13(16-12)15-11(4)9-18-6-2/h8,11H,5-7,9H2,1-4H3,(H,14,15,16). The summed E-state index contributed by atoms with van der Waals surface area (Å²) in [6.45, 7) is 9.03. The van der Waals surface area contributed by atoms with Crippen LogP contribution in [-0.4, -0.2) is 34.1 Å². The van der Waals surface area contributed by atoms with Crippen LogP contribution >= 0.6 is 11.8 Å². The quantitative estimate of drug-likeness (QED) is 0.785. The van der Waals surface area contributed by atoms with E-state index in [0.29, 0.717) is 24.5 Å². The van der Waals surface area contributed by atoms with Gasteiger partial charge in [0.25, 0.3) is 0 Å². The molecule has 18 heavy (non-hydrogen) atoms. The van der Waals surface area contributed by atoms with Crippen LogP contribution in [0.2, 0.25) is 0 Å². The molecule has 0 aliphatic heterocycles. The highest BCUT2D eigenvalue weighted by Gasteiger charge is 2.07. The van der Waals surface area contributed by atoms with Crippen molar-refractivity contribution in [1.29, 1.82) is 0 Å². The summed E-state index contributed by atoms with van der Waals surface area (Å²) in [5, 5.41) is 3.31. The predicted molar refractivity (Wildman–Crippen MR) is 78.6 cm³/mol. The van der Waals surface area contributed by atoms with Crippen LogP contribution in [0.3, 0.4) is 0 Å². The van der Waals surface area contributed by atoms with E-state index in [1.54, 1.807) is 0 Å². The van der Waals surface area contributed by atoms with E-state index >= 15 is 0 Å². The zero-order valence-electron chi connectivity index (χ0n) is 11.7. The van der Waals surface area contributed by atoms with Gasteiger partial charge >= 0.3 is 0 Å². The van der Waals surface area contributed by atoms with Crippen LogP contribution in [-0.2, 0) is 0 Å². The largest absolute Gasteiger partial charge is 0.478 e. The van der Waals surface area contributed by atoms with E-state index in [9.17, 15) is 0 Å². The number of thioether (sulfide) groups is 1. The summed E-state index contributed by atoms with van der Waals surface area (Å²) >= 11 is 1.91. The van der Waals surface area contributed by atoms with Crippen molar-refractivity contribution in [2.45, 2.75) is 40.2 Å². The molecule has 0 radical (unpaired) electrons. The van der Waals surface area contributed by atoms with Crippen LogP contribution < -0.4 is 10.1 Å². The Kier molecular flexibility index (Phi) is 6.86. The fourth-order valence-electron chi connectivity index (χ4n) is 1.44. The Morgan fingerprint density at radius 2 is 2.17 bits per heavy atom. The first-order valence-corrected chi connectivity index (χ1v) is 7.64. The van der Waals surface area contributed by atoms with Gasteiger partial charge in [0.2, 0.25) is 11.8 Å². The average molecular weight is 269 g/mol. The van der Waals surface area contributed by atoms with Crippen molar-refractivity contribution in [3.8, 4) is 5.88 Å². The molecule has 1 heterocycles. The van der Waals surface area contributed by atoms with Crippen molar-refractivity contribution in [3.05, 3.63) is 11.8 Å². The Hall–Kier alpha value is -0.970. The second-order valence-electron chi connectivity index (χ2n) is 4.22. The molecule has 1 aromatic rings. The molecule has 0 aromatic carbocycles. The molecule has 1 atom stereocenters. The third-order valence-electron chi connectivity index (χ3n) is 2.23. The lowest BCUT2D eigenvalue weighted by atomic mass is 10.4. The Bertz CT molecular complexity index is 360. The Balaban J connectivity index is 2.61. The minimum absolute atomic E-state index is 0.357. The molecule has 1 unspecified atom stereocenters. The fraction of sp³-hybridized carbons (Fsp3) is 0.692. The zero-order valence-corrected chi connectivity index (χ0v) is 12.5. The summed E-state index contributed by atoms with van der Waals surface area (Å²) in [6, 6.07) is 2.22. The van der Waals surface area contributed by atoms with Gasteiger partial charge in [-0.15, -0.1) is 0 Å². The monoisotopic (exact) mass is 269 g/mol. The molecular formula is C13H23N3OS. The van der Waals surface area contributed by atoms with Crippen LogP contribution in [0.4, 0.5) is 5.95 Å². The van der Waals surface area contributed by atoms with E-state index < -0.39 is 0 Å². The highest BCUT2D eigenvalue weighted by atomic mass is 32.2. The SMILES string of the molecule is CCCOc1cc(C)nc(NC(C)CSCC)n1. The Morgan fingerprint density at radius 3 is 2.83 bits per heavy atom. The summed E-state index contributed by atoms with van der Waals surface area (Å²) in [7, 11) is 0. The topological polar surface area (TPSA) is 47.0 Å². The van der Waals surface area contributed by atoms with Gasteiger partial charge in [-0.2, -0.15) is 16.7 Å². The molecule has 1 N–H and O–H groups in total. The van der Waals surface area contributed by atoms with E-state index in [1.165, 1.54) is 0 Å². The van der Waals surface area contributed by atoms with Crippen molar-refractivity contribution in [2.75, 3.05) is 23.4 Å². The van der Waals surface area contributed by atoms with Crippen molar-refractivity contribution < 1.29 is 4.74 Å². The second-order valence-corrected chi connectivity index (χ2v) is 5.54. The molecule has 0 saturated carbocycles. The predicted octanol–water partition coefficient (Wildman–Crippen LogP) is 3.13. The van der Waals surface area contributed by atoms with Gasteiger partial charge < -0.3 is 10.1 Å². The highest BCUT2D eigenvalue weighted by molar-refractivity contribution is 7.99. The maximum Gasteiger partial charge on any atom is 0.226 e. The fourth-order valence-corrected chi connectivity index (χ4v) is 2.11. The van der Waals surface area contributed by atoms with Gasteiger partial charge in [0.1, 0.15) is 0 Å². The number of hydrogen-bond donors (Lipinski definition) is 1. The van der Waals surface area contributed by atoms with Crippen LogP contribution in [0.15, 0.2) is 6.07 Å². The average Bonchev–Trinajstić information content (AvgIpc) is 2.33. The molecule has 0 aliphatic rings. The minimum Gasteiger partial charge on any atom is -0.478 e. The molecule has 0 saturated heterocycles. The maximum atomic E-state index is 5.54. The van der Waals surface area contributed by atoms with Crippen molar-refractivity contribution >= 4 is 17.7 Å². The van der Waals surface area contributed by atoms with Crippen molar-refractivity contribution in [3.63, 3.8) is 0 Å². The molecule has 1 aromatic heterocycles. The normalized spacial score (nSPS) is 12.2. The number of anilines is 1. The lowest BCUT2D eigenvalue weighted by molar-refractivity contribution is 0.305. The van der Waals surface area contributed by atoms with E-state index in [1.807, 2.05) is 24.8 Å². The number of aromatic nitrogens is 2. The lowest BCUT2D eigenvalue weighted by Crippen LogP contribution is -2.20. The van der Waals surface area contributed by atoms with Gasteiger partial charge in [-0.05, 0) is 26.0 Å². The smallest absolute Gasteiger partial charge is 0.226 e. The van der Waals surface area contributed by atoms with Gasteiger partial charge in [-0.25, -0.2) is 4.98 Å². The second kappa shape index (κ2) is 8.19. The number of ether oxygens (including phenoxy) is 1. The lowest BCUT2D eigenvalue weighted by Gasteiger charge is -2.14. The molecule has 0 bridgehead atoms. The number of hydrogen-bond acceptors (Lipinski definition) is 5. The molecule has 5 heteroatoms. The third-order valence-corrected chi connectivity index (χ3v) is 3.38. The molecule has 0 amide bonds. The first-order chi connectivity index (χ1) is 8.65. The van der Waals surface area contributed by atoms with Gasteiger partial charge in [-0.1, -0.05) is 13.8 Å². The van der Waals surface area contributed by atoms with Gasteiger partial charge in [0.15, 0.2) is 0 Å². The molecule has 4 nitrogen and oxygen atoms in total. The van der Waals surface area contributed by atoms with Gasteiger partial charge in [0, 0.05) is 23.6 Å². The van der Waals surface area contributed by atoms with Crippen LogP contribution in [0.25, 0.3) is 0 Å². The van der Waals surface area contributed by atoms with E-state index in [-0.39, 0.29) is 0 Å². The van der Waals surface area contributed by atoms with E-state index in [0.717, 1.165) is 23.6 Å². The summed E-state index contributed by atoms with van der Waals surface area (Å²) in [6.07, 6.45) is 0.982. The minimum atomic E-state index is 0.357. The first kappa shape index (κ1) is 15.1. The summed E-state index contributed by atoms with van der Waals surface area (Å²) in [5.74, 6) is 3.50. The Morgan fingerprint density at radius 1 is 1.39 bits per heavy atom. The molecule has 0 aliphatic carbocycles. The number of nitrogens with zero attached hydrogens (tertiary/aromatic N) is 2. The molecule has 102 valence electrons. The summed E-state index contributed by atoms with van der Waals surface area (Å²) in [5.41, 5.74) is 0.925. The van der Waals surface area contributed by atoms with Crippen LogP contribution in [0.1, 0.15) is 32.9 Å². The van der Waals surface area contributed by atoms with Crippen LogP contribution in [0, 0.1) is 6.92 Å². The molecular weight excluding hydrogens is 246 g/mol. The molecule has 0 fully saturated rings.